The van der Waals surface area contributed by atoms with E-state index in [4.69, 9.17) is 4.74 Å². The average molecular weight is 126 g/mol. The van der Waals surface area contributed by atoms with Crippen molar-refractivity contribution in [3.63, 3.8) is 0 Å². The molecule has 1 aliphatic carbocycles. The van der Waals surface area contributed by atoms with E-state index in [0.717, 1.165) is 6.42 Å². The average Bonchev–Trinajstić information content (AvgIpc) is 1.89. The quantitative estimate of drug-likeness (QED) is 0.488. The first kappa shape index (κ1) is 6.81. The van der Waals surface area contributed by atoms with Gasteiger partial charge in [-0.2, -0.15) is 0 Å². The molecule has 0 aromatic heterocycles. The summed E-state index contributed by atoms with van der Waals surface area (Å²) in [5.41, 5.74) is 0. The maximum atomic E-state index is 5.25. The molecule has 52 valence electrons. The van der Waals surface area contributed by atoms with Crippen LogP contribution in [0.5, 0.6) is 0 Å². The van der Waals surface area contributed by atoms with E-state index < -0.39 is 0 Å². The predicted molar refractivity (Wildman–Crippen MR) is 38.3 cm³/mol. The monoisotopic (exact) mass is 126 g/mol. The minimum Gasteiger partial charge on any atom is -0.381 e. The summed E-state index contributed by atoms with van der Waals surface area (Å²) in [6.07, 6.45) is 7.18. The van der Waals surface area contributed by atoms with Gasteiger partial charge in [0.1, 0.15) is 0 Å². The van der Waals surface area contributed by atoms with E-state index in [1.165, 1.54) is 6.42 Å². The van der Waals surface area contributed by atoms with Crippen LogP contribution in [0.3, 0.4) is 0 Å². The van der Waals surface area contributed by atoms with Crippen molar-refractivity contribution in [3.8, 4) is 0 Å². The molecule has 0 heterocycles. The first-order valence-corrected chi connectivity index (χ1v) is 3.52. The zero-order valence-corrected chi connectivity index (χ0v) is 6.13. The van der Waals surface area contributed by atoms with Gasteiger partial charge >= 0.3 is 0 Å². The molecule has 9 heavy (non-hydrogen) atoms. The van der Waals surface area contributed by atoms with Gasteiger partial charge in [-0.05, 0) is 18.8 Å². The molecule has 0 radical (unpaired) electrons. The minimum atomic E-state index is 0.468. The van der Waals surface area contributed by atoms with Crippen LogP contribution in [0.1, 0.15) is 19.8 Å². The van der Waals surface area contributed by atoms with E-state index >= 15 is 0 Å². The van der Waals surface area contributed by atoms with Crippen molar-refractivity contribution in [1.29, 1.82) is 0 Å². The molecule has 0 aromatic rings. The van der Waals surface area contributed by atoms with Crippen LogP contribution < -0.4 is 0 Å². The second-order valence-electron chi connectivity index (χ2n) is 2.69. The van der Waals surface area contributed by atoms with Crippen LogP contribution in [0.4, 0.5) is 0 Å². The molecule has 0 fully saturated rings. The smallest absolute Gasteiger partial charge is 0.0634 e. The Kier molecular flexibility index (Phi) is 2.29. The zero-order chi connectivity index (χ0) is 6.69. The largest absolute Gasteiger partial charge is 0.381 e. The molecule has 0 saturated heterocycles. The fourth-order valence-electron chi connectivity index (χ4n) is 1.25. The van der Waals surface area contributed by atoms with E-state index in [0.29, 0.717) is 12.0 Å². The van der Waals surface area contributed by atoms with Crippen LogP contribution in [-0.4, -0.2) is 13.2 Å². The number of hydrogen-bond acceptors (Lipinski definition) is 1. The molecule has 1 nitrogen and oxygen atoms in total. The molecule has 1 aliphatic rings. The highest BCUT2D eigenvalue weighted by Gasteiger charge is 2.16. The van der Waals surface area contributed by atoms with Crippen molar-refractivity contribution in [1.82, 2.24) is 0 Å². The molecule has 1 heteroatoms. The molecule has 1 rings (SSSR count). The summed E-state index contributed by atoms with van der Waals surface area (Å²) in [5.74, 6) is 0.708. The Morgan fingerprint density at radius 3 is 2.44 bits per heavy atom. The van der Waals surface area contributed by atoms with E-state index in [-0.39, 0.29) is 0 Å². The van der Waals surface area contributed by atoms with Gasteiger partial charge in [0.05, 0.1) is 6.10 Å². The van der Waals surface area contributed by atoms with Crippen molar-refractivity contribution in [3.05, 3.63) is 12.2 Å². The topological polar surface area (TPSA) is 9.23 Å². The molecule has 0 saturated carbocycles. The van der Waals surface area contributed by atoms with Crippen LogP contribution in [0.2, 0.25) is 0 Å². The van der Waals surface area contributed by atoms with E-state index in [2.05, 4.69) is 19.1 Å². The Labute approximate surface area is 56.7 Å². The van der Waals surface area contributed by atoms with Crippen molar-refractivity contribution in [2.75, 3.05) is 7.11 Å². The van der Waals surface area contributed by atoms with Gasteiger partial charge in [-0.25, -0.2) is 0 Å². The summed E-state index contributed by atoms with van der Waals surface area (Å²) in [5, 5.41) is 0. The third-order valence-electron chi connectivity index (χ3n) is 1.98. The number of rotatable bonds is 1. The maximum absolute atomic E-state index is 5.25. The Hall–Kier alpha value is -0.300. The summed E-state index contributed by atoms with van der Waals surface area (Å²) >= 11 is 0. The SMILES string of the molecule is CO[C@H]1CC=CC[C@H]1C. The summed E-state index contributed by atoms with van der Waals surface area (Å²) in [4.78, 5) is 0. The van der Waals surface area contributed by atoms with E-state index in [1.54, 1.807) is 7.11 Å². The summed E-state index contributed by atoms with van der Waals surface area (Å²) in [6, 6.07) is 0. The predicted octanol–water partition coefficient (Wildman–Crippen LogP) is 1.99. The lowest BCUT2D eigenvalue weighted by Gasteiger charge is -2.23. The minimum absolute atomic E-state index is 0.468. The van der Waals surface area contributed by atoms with Crippen LogP contribution in [0, 0.1) is 5.92 Å². The summed E-state index contributed by atoms with van der Waals surface area (Å²) < 4.78 is 5.25. The first-order chi connectivity index (χ1) is 4.34. The van der Waals surface area contributed by atoms with E-state index in [9.17, 15) is 0 Å². The summed E-state index contributed by atoms with van der Waals surface area (Å²) in [6.45, 7) is 2.23. The normalized spacial score (nSPS) is 34.9. The molecular weight excluding hydrogens is 112 g/mol. The highest BCUT2D eigenvalue weighted by molar-refractivity contribution is 4.93. The number of hydrogen-bond donors (Lipinski definition) is 0. The molecule has 0 aromatic carbocycles. The van der Waals surface area contributed by atoms with Gasteiger partial charge in [0.2, 0.25) is 0 Å². The molecule has 0 aliphatic heterocycles. The van der Waals surface area contributed by atoms with Crippen molar-refractivity contribution in [2.24, 2.45) is 5.92 Å². The van der Waals surface area contributed by atoms with Gasteiger partial charge in [-0.3, -0.25) is 0 Å². The number of methoxy groups -OCH3 is 1. The van der Waals surface area contributed by atoms with Gasteiger partial charge in [0.15, 0.2) is 0 Å². The Morgan fingerprint density at radius 1 is 1.33 bits per heavy atom. The second kappa shape index (κ2) is 3.02. The maximum Gasteiger partial charge on any atom is 0.0634 e. The van der Waals surface area contributed by atoms with Crippen LogP contribution in [-0.2, 0) is 4.74 Å². The summed E-state index contributed by atoms with van der Waals surface area (Å²) in [7, 11) is 1.79. The highest BCUT2D eigenvalue weighted by Crippen LogP contribution is 2.19. The fraction of sp³-hybridized carbons (Fsp3) is 0.750. The molecule has 2 atom stereocenters. The highest BCUT2D eigenvalue weighted by atomic mass is 16.5. The van der Waals surface area contributed by atoms with Crippen LogP contribution >= 0.6 is 0 Å². The fourth-order valence-corrected chi connectivity index (χ4v) is 1.25. The Morgan fingerprint density at radius 2 is 2.00 bits per heavy atom. The standard InChI is InChI=1S/C8H14O/c1-7-5-3-4-6-8(7)9-2/h3-4,7-8H,5-6H2,1-2H3/t7-,8+/m1/s1. The number of allylic oxidation sites excluding steroid dienone is 1. The van der Waals surface area contributed by atoms with Gasteiger partial charge in [0.25, 0.3) is 0 Å². The molecule has 0 bridgehead atoms. The van der Waals surface area contributed by atoms with E-state index in [1.807, 2.05) is 0 Å². The van der Waals surface area contributed by atoms with Crippen molar-refractivity contribution < 1.29 is 4.74 Å². The molecular formula is C8H14O. The lowest BCUT2D eigenvalue weighted by atomic mass is 9.93. The third-order valence-corrected chi connectivity index (χ3v) is 1.98. The second-order valence-corrected chi connectivity index (χ2v) is 2.69. The van der Waals surface area contributed by atoms with Crippen molar-refractivity contribution in [2.45, 2.75) is 25.9 Å². The van der Waals surface area contributed by atoms with Crippen LogP contribution in [0.15, 0.2) is 12.2 Å². The van der Waals surface area contributed by atoms with Gasteiger partial charge in [0, 0.05) is 7.11 Å². The van der Waals surface area contributed by atoms with Gasteiger partial charge < -0.3 is 4.74 Å². The van der Waals surface area contributed by atoms with Gasteiger partial charge in [-0.15, -0.1) is 0 Å². The molecule has 0 amide bonds. The van der Waals surface area contributed by atoms with Crippen molar-refractivity contribution >= 4 is 0 Å². The lowest BCUT2D eigenvalue weighted by molar-refractivity contribution is 0.0580. The Bertz CT molecular complexity index is 107. The lowest BCUT2D eigenvalue weighted by Crippen LogP contribution is -2.21. The van der Waals surface area contributed by atoms with Gasteiger partial charge in [-0.1, -0.05) is 19.1 Å². The third kappa shape index (κ3) is 1.55. The molecule has 0 spiro atoms. The van der Waals surface area contributed by atoms with Crippen LogP contribution in [0.25, 0.3) is 0 Å². The molecule has 0 N–H and O–H groups in total. The number of ether oxygens (including phenoxy) is 1. The zero-order valence-electron chi connectivity index (χ0n) is 6.13. The Balaban J connectivity index is 2.43. The first-order valence-electron chi connectivity index (χ1n) is 3.52. The molecule has 0 unspecified atom stereocenters.